The Hall–Kier alpha value is -1.14. The van der Waals surface area contributed by atoms with Crippen molar-refractivity contribution in [2.75, 3.05) is 0 Å². The number of ether oxygens (including phenoxy) is 4. The summed E-state index contributed by atoms with van der Waals surface area (Å²) in [5, 5.41) is 0. The predicted molar refractivity (Wildman–Crippen MR) is 68.4 cm³/mol. The molecule has 20 heavy (non-hydrogen) atoms. The molecule has 0 bridgehead atoms. The average molecular weight is 286 g/mol. The lowest BCUT2D eigenvalue weighted by Gasteiger charge is -2.25. The summed E-state index contributed by atoms with van der Waals surface area (Å²) in [5.74, 6) is -1.16. The second-order valence-electron chi connectivity index (χ2n) is 7.38. The highest BCUT2D eigenvalue weighted by Crippen LogP contribution is 2.36. The lowest BCUT2D eigenvalue weighted by atomic mass is 9.96. The fourth-order valence-electron chi connectivity index (χ4n) is 1.93. The van der Waals surface area contributed by atoms with Crippen LogP contribution in [0.4, 0.5) is 0 Å². The summed E-state index contributed by atoms with van der Waals surface area (Å²) in [7, 11) is 0. The molecule has 0 amide bonds. The highest BCUT2D eigenvalue weighted by Gasteiger charge is 2.54. The Labute approximate surface area is 118 Å². The van der Waals surface area contributed by atoms with E-state index in [4.69, 9.17) is 18.9 Å². The predicted octanol–water partition coefficient (Wildman–Crippen LogP) is 1.61. The Bertz CT molecular complexity index is 376. The van der Waals surface area contributed by atoms with Gasteiger partial charge in [-0.2, -0.15) is 0 Å². The maximum absolute atomic E-state index is 11.9. The van der Waals surface area contributed by atoms with Gasteiger partial charge in [0.15, 0.2) is 12.2 Å². The molecule has 0 aliphatic carbocycles. The normalized spacial score (nSPS) is 35.1. The zero-order valence-electron chi connectivity index (χ0n) is 12.8. The zero-order valence-corrected chi connectivity index (χ0v) is 12.8. The first kappa shape index (κ1) is 15.3. The van der Waals surface area contributed by atoms with Crippen molar-refractivity contribution in [3.63, 3.8) is 0 Å². The average Bonchev–Trinajstić information content (AvgIpc) is 2.80. The quantitative estimate of drug-likeness (QED) is 0.682. The number of cyclic esters (lactones) is 2. The van der Waals surface area contributed by atoms with Crippen molar-refractivity contribution >= 4 is 11.9 Å². The summed E-state index contributed by atoms with van der Waals surface area (Å²) >= 11 is 0. The standard InChI is InChI=1S/C14H22O6/c1-13(2,3)11-17-7(9(15)19-11)8-10(16)20-12(18-8)14(4,5)6/h7-8,11-12H,1-6H3/t7-,8-,11-,12-/m0/s1. The van der Waals surface area contributed by atoms with E-state index in [0.717, 1.165) is 0 Å². The molecule has 6 heteroatoms. The zero-order chi connectivity index (χ0) is 15.3. The molecule has 2 aliphatic heterocycles. The Kier molecular flexibility index (Phi) is 3.59. The maximum atomic E-state index is 11.9. The van der Waals surface area contributed by atoms with Crippen LogP contribution in [0.3, 0.4) is 0 Å². The third-order valence-electron chi connectivity index (χ3n) is 3.14. The van der Waals surface area contributed by atoms with Crippen LogP contribution in [-0.2, 0) is 28.5 Å². The number of hydrogen-bond acceptors (Lipinski definition) is 6. The molecule has 0 aromatic rings. The molecule has 0 aromatic heterocycles. The maximum Gasteiger partial charge on any atom is 0.341 e. The number of hydrogen-bond donors (Lipinski definition) is 0. The fraction of sp³-hybridized carbons (Fsp3) is 0.857. The minimum Gasteiger partial charge on any atom is -0.433 e. The van der Waals surface area contributed by atoms with Gasteiger partial charge in [-0.15, -0.1) is 0 Å². The van der Waals surface area contributed by atoms with Crippen LogP contribution < -0.4 is 0 Å². The molecular formula is C14H22O6. The molecule has 2 fully saturated rings. The summed E-state index contributed by atoms with van der Waals surface area (Å²) < 4.78 is 21.5. The second-order valence-corrected chi connectivity index (χ2v) is 7.38. The SMILES string of the molecule is CC(C)(C)[C@@H]1OC(=O)[C@H]([C@@H]2O[C@H](C(C)(C)C)OC2=O)O1. The van der Waals surface area contributed by atoms with Crippen LogP contribution in [0.2, 0.25) is 0 Å². The van der Waals surface area contributed by atoms with Crippen LogP contribution >= 0.6 is 0 Å². The smallest absolute Gasteiger partial charge is 0.341 e. The first-order valence-electron chi connectivity index (χ1n) is 6.72. The molecule has 0 N–H and O–H groups in total. The number of carbonyl (C=O) groups excluding carboxylic acids is 2. The van der Waals surface area contributed by atoms with Gasteiger partial charge in [-0.1, -0.05) is 41.5 Å². The van der Waals surface area contributed by atoms with Crippen LogP contribution in [0.25, 0.3) is 0 Å². The van der Waals surface area contributed by atoms with Gasteiger partial charge in [0, 0.05) is 10.8 Å². The van der Waals surface area contributed by atoms with Crippen LogP contribution in [0.1, 0.15) is 41.5 Å². The van der Waals surface area contributed by atoms with Gasteiger partial charge < -0.3 is 18.9 Å². The molecule has 2 heterocycles. The molecule has 0 spiro atoms. The fourth-order valence-corrected chi connectivity index (χ4v) is 1.93. The van der Waals surface area contributed by atoms with E-state index in [2.05, 4.69) is 0 Å². The Balaban J connectivity index is 2.10. The molecule has 0 saturated carbocycles. The van der Waals surface area contributed by atoms with E-state index in [1.807, 2.05) is 41.5 Å². The molecule has 0 aromatic carbocycles. The van der Waals surface area contributed by atoms with Crippen LogP contribution in [0.15, 0.2) is 0 Å². The first-order chi connectivity index (χ1) is 9.00. The van der Waals surface area contributed by atoms with Crippen molar-refractivity contribution < 1.29 is 28.5 Å². The minimum absolute atomic E-state index is 0.365. The minimum atomic E-state index is -1.06. The van der Waals surface area contributed by atoms with E-state index in [0.29, 0.717) is 0 Å². The van der Waals surface area contributed by atoms with E-state index < -0.39 is 36.7 Å². The molecule has 0 radical (unpaired) electrons. The van der Waals surface area contributed by atoms with Gasteiger partial charge in [-0.3, -0.25) is 0 Å². The summed E-state index contributed by atoms with van der Waals surface area (Å²) in [6.07, 6.45) is -3.49. The van der Waals surface area contributed by atoms with Crippen molar-refractivity contribution in [2.24, 2.45) is 10.8 Å². The third-order valence-corrected chi connectivity index (χ3v) is 3.14. The van der Waals surface area contributed by atoms with Gasteiger partial charge in [0.25, 0.3) is 0 Å². The molecule has 114 valence electrons. The highest BCUT2D eigenvalue weighted by atomic mass is 16.8. The summed E-state index contributed by atoms with van der Waals surface area (Å²) in [6.45, 7) is 11.3. The summed E-state index contributed by atoms with van der Waals surface area (Å²) in [6, 6.07) is 0. The summed E-state index contributed by atoms with van der Waals surface area (Å²) in [5.41, 5.74) is -0.729. The molecular weight excluding hydrogens is 264 g/mol. The highest BCUT2D eigenvalue weighted by molar-refractivity contribution is 5.87. The van der Waals surface area contributed by atoms with Gasteiger partial charge in [-0.05, 0) is 0 Å². The summed E-state index contributed by atoms with van der Waals surface area (Å²) in [4.78, 5) is 23.8. The van der Waals surface area contributed by atoms with Crippen LogP contribution in [0.5, 0.6) is 0 Å². The topological polar surface area (TPSA) is 71.1 Å². The van der Waals surface area contributed by atoms with Gasteiger partial charge in [0.05, 0.1) is 0 Å². The van der Waals surface area contributed by atoms with E-state index in [9.17, 15) is 9.59 Å². The molecule has 2 aliphatic rings. The van der Waals surface area contributed by atoms with Crippen molar-refractivity contribution in [2.45, 2.75) is 66.3 Å². The Morgan fingerprint density at radius 1 is 0.700 bits per heavy atom. The van der Waals surface area contributed by atoms with Crippen molar-refractivity contribution in [3.05, 3.63) is 0 Å². The molecule has 2 rings (SSSR count). The Morgan fingerprint density at radius 2 is 1.00 bits per heavy atom. The third kappa shape index (κ3) is 2.81. The Morgan fingerprint density at radius 3 is 1.20 bits per heavy atom. The lowest BCUT2D eigenvalue weighted by molar-refractivity contribution is -0.160. The van der Waals surface area contributed by atoms with E-state index in [1.165, 1.54) is 0 Å². The second kappa shape index (κ2) is 4.70. The van der Waals surface area contributed by atoms with Gasteiger partial charge in [0.1, 0.15) is 0 Å². The van der Waals surface area contributed by atoms with Crippen molar-refractivity contribution in [3.8, 4) is 0 Å². The monoisotopic (exact) mass is 286 g/mol. The number of esters is 2. The molecule has 0 unspecified atom stereocenters. The van der Waals surface area contributed by atoms with E-state index in [1.54, 1.807) is 0 Å². The molecule has 4 atom stereocenters. The molecule has 6 nitrogen and oxygen atoms in total. The van der Waals surface area contributed by atoms with Gasteiger partial charge >= 0.3 is 11.9 Å². The van der Waals surface area contributed by atoms with Crippen molar-refractivity contribution in [1.82, 2.24) is 0 Å². The van der Waals surface area contributed by atoms with Gasteiger partial charge in [0.2, 0.25) is 12.6 Å². The largest absolute Gasteiger partial charge is 0.433 e. The van der Waals surface area contributed by atoms with E-state index in [-0.39, 0.29) is 10.8 Å². The number of rotatable bonds is 1. The number of carbonyl (C=O) groups is 2. The van der Waals surface area contributed by atoms with Crippen LogP contribution in [-0.4, -0.2) is 36.7 Å². The van der Waals surface area contributed by atoms with E-state index >= 15 is 0 Å². The molecule has 2 saturated heterocycles. The van der Waals surface area contributed by atoms with Crippen molar-refractivity contribution in [1.29, 1.82) is 0 Å². The lowest BCUT2D eigenvalue weighted by Crippen LogP contribution is -2.38. The first-order valence-corrected chi connectivity index (χ1v) is 6.72. The van der Waals surface area contributed by atoms with Crippen LogP contribution in [0, 0.1) is 10.8 Å². The van der Waals surface area contributed by atoms with Gasteiger partial charge in [-0.25, -0.2) is 9.59 Å².